The van der Waals surface area contributed by atoms with Gasteiger partial charge in [-0.05, 0) is 42.3 Å². The van der Waals surface area contributed by atoms with E-state index in [9.17, 15) is 9.59 Å². The van der Waals surface area contributed by atoms with E-state index in [1.165, 1.54) is 0 Å². The molecule has 0 radical (unpaired) electrons. The van der Waals surface area contributed by atoms with Crippen molar-refractivity contribution in [2.24, 2.45) is 5.73 Å². The Kier molecular flexibility index (Phi) is 4.68. The number of aryl methyl sites for hydroxylation is 1. The molecule has 0 saturated carbocycles. The van der Waals surface area contributed by atoms with Gasteiger partial charge in [0.15, 0.2) is 6.61 Å². The molecule has 4 rings (SSSR count). The molecule has 0 aliphatic heterocycles. The number of amides is 1. The van der Waals surface area contributed by atoms with Crippen LogP contribution in [0.2, 0.25) is 0 Å². The smallest absolute Gasteiger partial charge is 0.341 e. The number of aromatic nitrogens is 1. The average Bonchev–Trinajstić information content (AvgIpc) is 3.02. The van der Waals surface area contributed by atoms with Gasteiger partial charge in [-0.15, -0.1) is 0 Å². The van der Waals surface area contributed by atoms with Gasteiger partial charge < -0.3 is 20.1 Å². The van der Waals surface area contributed by atoms with Gasteiger partial charge in [-0.2, -0.15) is 0 Å². The molecular formula is C23H20N2O4. The van der Waals surface area contributed by atoms with Crippen molar-refractivity contribution >= 4 is 33.7 Å². The van der Waals surface area contributed by atoms with Crippen LogP contribution in [0, 0.1) is 6.92 Å². The van der Waals surface area contributed by atoms with Gasteiger partial charge in [0, 0.05) is 17.5 Å². The summed E-state index contributed by atoms with van der Waals surface area (Å²) in [6.45, 7) is 2.18. The van der Waals surface area contributed by atoms with E-state index < -0.39 is 18.5 Å². The minimum absolute atomic E-state index is 0.377. The van der Waals surface area contributed by atoms with E-state index >= 15 is 0 Å². The molecule has 1 heterocycles. The molecule has 0 fully saturated rings. The number of carboxylic acids is 1. The van der Waals surface area contributed by atoms with Gasteiger partial charge in [-0.3, -0.25) is 4.79 Å². The molecular weight excluding hydrogens is 368 g/mol. The number of primary amides is 1. The topological polar surface area (TPSA) is 94.6 Å². The maximum absolute atomic E-state index is 12.1. The standard InChI is InChI=1S/C23H20N2O4/c1-14-6-2-3-7-15(14)12-25-17-9-4-8-16(23(24)28)21(17)22-18(25)10-5-11-19(22)29-13-20(26)27/h2-11H,12-13H2,1H3,(H2,24,28)(H,26,27). The Labute approximate surface area is 167 Å². The summed E-state index contributed by atoms with van der Waals surface area (Å²) < 4.78 is 7.65. The molecule has 1 aromatic heterocycles. The SMILES string of the molecule is Cc1ccccc1Cn1c2cccc(OCC(=O)O)c2c2c(C(N)=O)cccc21. The van der Waals surface area contributed by atoms with Crippen LogP contribution < -0.4 is 10.5 Å². The fraction of sp³-hybridized carbons (Fsp3) is 0.130. The average molecular weight is 388 g/mol. The predicted octanol–water partition coefficient (Wildman–Crippen LogP) is 3.71. The Balaban J connectivity index is 2.03. The maximum atomic E-state index is 12.1. The van der Waals surface area contributed by atoms with Crippen molar-refractivity contribution in [3.63, 3.8) is 0 Å². The summed E-state index contributed by atoms with van der Waals surface area (Å²) >= 11 is 0. The lowest BCUT2D eigenvalue weighted by atomic mass is 10.1. The number of fused-ring (bicyclic) bond motifs is 3. The molecule has 0 saturated heterocycles. The molecule has 0 spiro atoms. The number of aliphatic carboxylic acids is 1. The molecule has 4 aromatic rings. The second-order valence-corrected chi connectivity index (χ2v) is 6.91. The van der Waals surface area contributed by atoms with Gasteiger partial charge in [0.05, 0.1) is 16.4 Å². The number of carbonyl (C=O) groups excluding carboxylic acids is 1. The fourth-order valence-corrected chi connectivity index (χ4v) is 3.75. The van der Waals surface area contributed by atoms with Crippen LogP contribution in [0.3, 0.4) is 0 Å². The lowest BCUT2D eigenvalue weighted by molar-refractivity contribution is -0.139. The van der Waals surface area contributed by atoms with E-state index in [2.05, 4.69) is 23.6 Å². The molecule has 6 nitrogen and oxygen atoms in total. The lowest BCUT2D eigenvalue weighted by Gasteiger charge is -2.11. The number of carboxylic acid groups (broad SMARTS) is 1. The first-order chi connectivity index (χ1) is 14.0. The summed E-state index contributed by atoms with van der Waals surface area (Å²) in [5.74, 6) is -1.20. The third kappa shape index (κ3) is 3.29. The third-order valence-corrected chi connectivity index (χ3v) is 5.08. The van der Waals surface area contributed by atoms with Gasteiger partial charge in [0.2, 0.25) is 5.91 Å². The second-order valence-electron chi connectivity index (χ2n) is 6.91. The monoisotopic (exact) mass is 388 g/mol. The van der Waals surface area contributed by atoms with E-state index in [1.54, 1.807) is 18.2 Å². The van der Waals surface area contributed by atoms with Gasteiger partial charge in [0.25, 0.3) is 0 Å². The van der Waals surface area contributed by atoms with Gasteiger partial charge in [-0.25, -0.2) is 4.79 Å². The Morgan fingerprint density at radius 2 is 1.66 bits per heavy atom. The van der Waals surface area contributed by atoms with Crippen LogP contribution in [0.4, 0.5) is 0 Å². The van der Waals surface area contributed by atoms with Crippen LogP contribution >= 0.6 is 0 Å². The molecule has 0 aliphatic rings. The molecule has 0 bridgehead atoms. The van der Waals surface area contributed by atoms with Crippen LogP contribution in [0.15, 0.2) is 60.7 Å². The van der Waals surface area contributed by atoms with Crippen molar-refractivity contribution < 1.29 is 19.4 Å². The van der Waals surface area contributed by atoms with Crippen molar-refractivity contribution in [1.82, 2.24) is 4.57 Å². The minimum atomic E-state index is -1.07. The number of benzene rings is 3. The summed E-state index contributed by atoms with van der Waals surface area (Å²) in [5, 5.41) is 10.4. The predicted molar refractivity (Wildman–Crippen MR) is 111 cm³/mol. The van der Waals surface area contributed by atoms with Crippen LogP contribution in [-0.4, -0.2) is 28.2 Å². The van der Waals surface area contributed by atoms with Crippen molar-refractivity contribution in [2.45, 2.75) is 13.5 Å². The van der Waals surface area contributed by atoms with Crippen LogP contribution in [-0.2, 0) is 11.3 Å². The Morgan fingerprint density at radius 3 is 2.34 bits per heavy atom. The molecule has 1 amide bonds. The highest BCUT2D eigenvalue weighted by Crippen LogP contribution is 2.38. The number of rotatable bonds is 6. The first kappa shape index (κ1) is 18.6. The zero-order valence-corrected chi connectivity index (χ0v) is 15.9. The van der Waals surface area contributed by atoms with Gasteiger partial charge in [-0.1, -0.05) is 36.4 Å². The Bertz CT molecular complexity index is 1260. The molecule has 0 aliphatic carbocycles. The Morgan fingerprint density at radius 1 is 0.966 bits per heavy atom. The molecule has 3 aromatic carbocycles. The lowest BCUT2D eigenvalue weighted by Crippen LogP contribution is -2.11. The van der Waals surface area contributed by atoms with Crippen LogP contribution in [0.5, 0.6) is 5.75 Å². The van der Waals surface area contributed by atoms with Crippen LogP contribution in [0.1, 0.15) is 21.5 Å². The molecule has 146 valence electrons. The van der Waals surface area contributed by atoms with Crippen LogP contribution in [0.25, 0.3) is 21.8 Å². The normalized spacial score (nSPS) is 11.1. The third-order valence-electron chi connectivity index (χ3n) is 5.08. The van der Waals surface area contributed by atoms with Crippen molar-refractivity contribution in [3.8, 4) is 5.75 Å². The van der Waals surface area contributed by atoms with Gasteiger partial charge in [0.1, 0.15) is 5.75 Å². The molecule has 3 N–H and O–H groups in total. The van der Waals surface area contributed by atoms with E-state index in [4.69, 9.17) is 15.6 Å². The van der Waals surface area contributed by atoms with Crippen molar-refractivity contribution in [1.29, 1.82) is 0 Å². The highest BCUT2D eigenvalue weighted by atomic mass is 16.5. The first-order valence-electron chi connectivity index (χ1n) is 9.20. The highest BCUT2D eigenvalue weighted by Gasteiger charge is 2.20. The van der Waals surface area contributed by atoms with E-state index in [0.29, 0.717) is 28.6 Å². The molecule has 0 atom stereocenters. The van der Waals surface area contributed by atoms with E-state index in [0.717, 1.165) is 22.2 Å². The second kappa shape index (κ2) is 7.31. The van der Waals surface area contributed by atoms with Crippen molar-refractivity contribution in [2.75, 3.05) is 6.61 Å². The zero-order chi connectivity index (χ0) is 20.5. The molecule has 0 unspecified atom stereocenters. The fourth-order valence-electron chi connectivity index (χ4n) is 3.75. The van der Waals surface area contributed by atoms with E-state index in [-0.39, 0.29) is 0 Å². The summed E-state index contributed by atoms with van der Waals surface area (Å²) in [6, 6.07) is 19.0. The quantitative estimate of drug-likeness (QED) is 0.526. The number of hydrogen-bond acceptors (Lipinski definition) is 3. The highest BCUT2D eigenvalue weighted by molar-refractivity contribution is 6.19. The largest absolute Gasteiger partial charge is 0.481 e. The summed E-state index contributed by atoms with van der Waals surface area (Å²) in [5.41, 5.74) is 10.0. The summed E-state index contributed by atoms with van der Waals surface area (Å²) in [7, 11) is 0. The summed E-state index contributed by atoms with van der Waals surface area (Å²) in [4.78, 5) is 23.2. The number of ether oxygens (including phenoxy) is 1. The zero-order valence-electron chi connectivity index (χ0n) is 15.9. The van der Waals surface area contributed by atoms with Gasteiger partial charge >= 0.3 is 5.97 Å². The number of nitrogens with two attached hydrogens (primary N) is 1. The number of carbonyl (C=O) groups is 2. The summed E-state index contributed by atoms with van der Waals surface area (Å²) in [6.07, 6.45) is 0. The molecule has 6 heteroatoms. The van der Waals surface area contributed by atoms with Crippen molar-refractivity contribution in [3.05, 3.63) is 77.4 Å². The maximum Gasteiger partial charge on any atom is 0.341 e. The number of hydrogen-bond donors (Lipinski definition) is 2. The Hall–Kier alpha value is -3.80. The number of nitrogens with zero attached hydrogens (tertiary/aromatic N) is 1. The van der Waals surface area contributed by atoms with E-state index in [1.807, 2.05) is 30.3 Å². The first-order valence-corrected chi connectivity index (χ1v) is 9.20. The molecule has 29 heavy (non-hydrogen) atoms. The minimum Gasteiger partial charge on any atom is -0.481 e.